The van der Waals surface area contributed by atoms with Crippen molar-refractivity contribution in [3.8, 4) is 0 Å². The van der Waals surface area contributed by atoms with E-state index in [9.17, 15) is 4.79 Å². The first-order valence-corrected chi connectivity index (χ1v) is 6.72. The van der Waals surface area contributed by atoms with Gasteiger partial charge in [0, 0.05) is 18.4 Å². The van der Waals surface area contributed by atoms with Gasteiger partial charge in [-0.15, -0.1) is 0 Å². The maximum absolute atomic E-state index is 12.2. The Kier molecular flexibility index (Phi) is 4.71. The van der Waals surface area contributed by atoms with Gasteiger partial charge in [-0.2, -0.15) is 0 Å². The van der Waals surface area contributed by atoms with E-state index >= 15 is 0 Å². The second-order valence-corrected chi connectivity index (χ2v) is 4.99. The zero-order valence-electron chi connectivity index (χ0n) is 11.8. The van der Waals surface area contributed by atoms with Crippen molar-refractivity contribution in [2.24, 2.45) is 5.92 Å². The van der Waals surface area contributed by atoms with Gasteiger partial charge in [0.2, 0.25) is 0 Å². The Morgan fingerprint density at radius 3 is 2.60 bits per heavy atom. The summed E-state index contributed by atoms with van der Waals surface area (Å²) >= 11 is 0. The zero-order valence-corrected chi connectivity index (χ0v) is 11.8. The Bertz CT molecular complexity index is 567. The van der Waals surface area contributed by atoms with Gasteiger partial charge in [-0.3, -0.25) is 4.79 Å². The van der Waals surface area contributed by atoms with Crippen molar-refractivity contribution in [3.63, 3.8) is 0 Å². The van der Waals surface area contributed by atoms with Gasteiger partial charge in [-0.05, 0) is 30.2 Å². The van der Waals surface area contributed by atoms with Crippen LogP contribution in [0.15, 0.2) is 48.7 Å². The number of carbonyl (C=O) groups excluding carboxylic acids is 1. The van der Waals surface area contributed by atoms with Crippen LogP contribution in [0.4, 0.5) is 11.5 Å². The molecule has 0 fully saturated rings. The number of hydrogen-bond donors (Lipinski definition) is 2. The van der Waals surface area contributed by atoms with Crippen LogP contribution in [0.2, 0.25) is 0 Å². The van der Waals surface area contributed by atoms with Crippen molar-refractivity contribution < 1.29 is 4.79 Å². The SMILES string of the molecule is CC(C)CNC(=O)c1cccnc1Nc1ccccc1. The molecular formula is C16H19N3O. The molecule has 0 saturated heterocycles. The van der Waals surface area contributed by atoms with Crippen molar-refractivity contribution in [3.05, 3.63) is 54.2 Å². The van der Waals surface area contributed by atoms with Crippen molar-refractivity contribution in [2.45, 2.75) is 13.8 Å². The maximum atomic E-state index is 12.2. The molecule has 0 bridgehead atoms. The minimum atomic E-state index is -0.106. The lowest BCUT2D eigenvalue weighted by molar-refractivity contribution is 0.0949. The lowest BCUT2D eigenvalue weighted by atomic mass is 10.2. The molecule has 0 saturated carbocycles. The highest BCUT2D eigenvalue weighted by Crippen LogP contribution is 2.17. The number of nitrogens with zero attached hydrogens (tertiary/aromatic N) is 1. The zero-order chi connectivity index (χ0) is 14.4. The Morgan fingerprint density at radius 2 is 1.90 bits per heavy atom. The van der Waals surface area contributed by atoms with Gasteiger partial charge in [-0.1, -0.05) is 32.0 Å². The average Bonchev–Trinajstić information content (AvgIpc) is 2.46. The molecule has 4 heteroatoms. The molecule has 0 atom stereocenters. The second kappa shape index (κ2) is 6.70. The molecule has 1 heterocycles. The summed E-state index contributed by atoms with van der Waals surface area (Å²) in [6.45, 7) is 4.78. The number of rotatable bonds is 5. The highest BCUT2D eigenvalue weighted by Gasteiger charge is 2.12. The molecule has 0 aliphatic rings. The fraction of sp³-hybridized carbons (Fsp3) is 0.250. The highest BCUT2D eigenvalue weighted by atomic mass is 16.1. The number of pyridine rings is 1. The normalized spacial score (nSPS) is 10.3. The molecule has 0 aliphatic carbocycles. The average molecular weight is 269 g/mol. The third-order valence-corrected chi connectivity index (χ3v) is 2.76. The smallest absolute Gasteiger partial charge is 0.255 e. The number of amides is 1. The minimum absolute atomic E-state index is 0.106. The van der Waals surface area contributed by atoms with Gasteiger partial charge in [0.15, 0.2) is 0 Å². The summed E-state index contributed by atoms with van der Waals surface area (Å²) in [7, 11) is 0. The summed E-state index contributed by atoms with van der Waals surface area (Å²) < 4.78 is 0. The van der Waals surface area contributed by atoms with Crippen LogP contribution in [0.5, 0.6) is 0 Å². The topological polar surface area (TPSA) is 54.0 Å². The van der Waals surface area contributed by atoms with E-state index < -0.39 is 0 Å². The van der Waals surface area contributed by atoms with E-state index in [-0.39, 0.29) is 5.91 Å². The lowest BCUT2D eigenvalue weighted by Gasteiger charge is -2.12. The molecule has 0 spiro atoms. The van der Waals surface area contributed by atoms with E-state index in [2.05, 4.69) is 29.5 Å². The summed E-state index contributed by atoms with van der Waals surface area (Å²) in [4.78, 5) is 16.4. The number of nitrogens with one attached hydrogen (secondary N) is 2. The Morgan fingerprint density at radius 1 is 1.15 bits per heavy atom. The molecule has 104 valence electrons. The van der Waals surface area contributed by atoms with E-state index in [1.54, 1.807) is 18.3 Å². The molecule has 2 N–H and O–H groups in total. The molecule has 0 unspecified atom stereocenters. The number of aromatic nitrogens is 1. The third kappa shape index (κ3) is 3.82. The largest absolute Gasteiger partial charge is 0.352 e. The van der Waals surface area contributed by atoms with Crippen molar-refractivity contribution in [1.82, 2.24) is 10.3 Å². The fourth-order valence-corrected chi connectivity index (χ4v) is 1.74. The van der Waals surface area contributed by atoms with Crippen LogP contribution < -0.4 is 10.6 Å². The highest BCUT2D eigenvalue weighted by molar-refractivity contribution is 5.99. The summed E-state index contributed by atoms with van der Waals surface area (Å²) in [5.74, 6) is 0.881. The molecular weight excluding hydrogens is 250 g/mol. The predicted molar refractivity (Wildman–Crippen MR) is 81.1 cm³/mol. The van der Waals surface area contributed by atoms with E-state index in [1.165, 1.54) is 0 Å². The predicted octanol–water partition coefficient (Wildman–Crippen LogP) is 3.21. The summed E-state index contributed by atoms with van der Waals surface area (Å²) in [5, 5.41) is 6.07. The van der Waals surface area contributed by atoms with Crippen LogP contribution in [0, 0.1) is 5.92 Å². The molecule has 1 aromatic heterocycles. The Balaban J connectivity index is 2.16. The number of para-hydroxylation sites is 1. The summed E-state index contributed by atoms with van der Waals surface area (Å²) in [6.07, 6.45) is 1.67. The maximum Gasteiger partial charge on any atom is 0.255 e. The molecule has 20 heavy (non-hydrogen) atoms. The van der Waals surface area contributed by atoms with E-state index in [1.807, 2.05) is 30.3 Å². The van der Waals surface area contributed by atoms with Gasteiger partial charge in [0.1, 0.15) is 5.82 Å². The lowest BCUT2D eigenvalue weighted by Crippen LogP contribution is -2.28. The standard InChI is InChI=1S/C16H19N3O/c1-12(2)11-18-16(20)14-9-6-10-17-15(14)19-13-7-4-3-5-8-13/h3-10,12H,11H2,1-2H3,(H,17,19)(H,18,20). The molecule has 1 aromatic carbocycles. The molecule has 2 aromatic rings. The molecule has 4 nitrogen and oxygen atoms in total. The van der Waals surface area contributed by atoms with Gasteiger partial charge < -0.3 is 10.6 Å². The number of anilines is 2. The van der Waals surface area contributed by atoms with Crippen LogP contribution >= 0.6 is 0 Å². The minimum Gasteiger partial charge on any atom is -0.352 e. The first kappa shape index (κ1) is 14.1. The summed E-state index contributed by atoms with van der Waals surface area (Å²) in [5.41, 5.74) is 1.46. The first-order valence-electron chi connectivity index (χ1n) is 6.72. The van der Waals surface area contributed by atoms with Gasteiger partial charge in [0.25, 0.3) is 5.91 Å². The molecule has 2 rings (SSSR count). The van der Waals surface area contributed by atoms with Gasteiger partial charge in [0.05, 0.1) is 5.56 Å². The van der Waals surface area contributed by atoms with Crippen molar-refractivity contribution in [1.29, 1.82) is 0 Å². The summed E-state index contributed by atoms with van der Waals surface area (Å²) in [6, 6.07) is 13.2. The van der Waals surface area contributed by atoms with Crippen molar-refractivity contribution >= 4 is 17.4 Å². The third-order valence-electron chi connectivity index (χ3n) is 2.76. The van der Waals surface area contributed by atoms with Gasteiger partial charge in [-0.25, -0.2) is 4.98 Å². The van der Waals surface area contributed by atoms with E-state index in [4.69, 9.17) is 0 Å². The van der Waals surface area contributed by atoms with Crippen LogP contribution in [0.25, 0.3) is 0 Å². The molecule has 0 radical (unpaired) electrons. The quantitative estimate of drug-likeness (QED) is 0.876. The first-order chi connectivity index (χ1) is 9.66. The van der Waals surface area contributed by atoms with Crippen LogP contribution in [-0.2, 0) is 0 Å². The molecule has 0 aliphatic heterocycles. The van der Waals surface area contributed by atoms with Crippen LogP contribution in [0.1, 0.15) is 24.2 Å². The number of hydrogen-bond acceptors (Lipinski definition) is 3. The number of benzene rings is 1. The fourth-order valence-electron chi connectivity index (χ4n) is 1.74. The van der Waals surface area contributed by atoms with Crippen LogP contribution in [-0.4, -0.2) is 17.4 Å². The monoisotopic (exact) mass is 269 g/mol. The number of carbonyl (C=O) groups is 1. The second-order valence-electron chi connectivity index (χ2n) is 4.99. The van der Waals surface area contributed by atoms with Gasteiger partial charge >= 0.3 is 0 Å². The van der Waals surface area contributed by atoms with Crippen LogP contribution in [0.3, 0.4) is 0 Å². The van der Waals surface area contributed by atoms with Crippen molar-refractivity contribution in [2.75, 3.05) is 11.9 Å². The molecule has 1 amide bonds. The van der Waals surface area contributed by atoms with E-state index in [0.29, 0.717) is 23.8 Å². The Labute approximate surface area is 119 Å². The van der Waals surface area contributed by atoms with E-state index in [0.717, 1.165) is 5.69 Å². The Hall–Kier alpha value is -2.36.